The lowest BCUT2D eigenvalue weighted by Gasteiger charge is -2.34. The zero-order chi connectivity index (χ0) is 21.8. The van der Waals surface area contributed by atoms with E-state index in [-0.39, 0.29) is 22.0 Å². The van der Waals surface area contributed by atoms with Crippen LogP contribution < -0.4 is 10.9 Å². The van der Waals surface area contributed by atoms with Gasteiger partial charge in [0.05, 0.1) is 15.9 Å². The molecular weight excluding hydrogens is 436 g/mol. The van der Waals surface area contributed by atoms with Gasteiger partial charge >= 0.3 is 0 Å². The van der Waals surface area contributed by atoms with Crippen LogP contribution in [0.3, 0.4) is 0 Å². The van der Waals surface area contributed by atoms with Crippen molar-refractivity contribution in [3.63, 3.8) is 0 Å². The van der Waals surface area contributed by atoms with Crippen LogP contribution in [0.25, 0.3) is 10.2 Å². The Bertz CT molecular complexity index is 1310. The van der Waals surface area contributed by atoms with Gasteiger partial charge in [-0.3, -0.25) is 13.9 Å². The second-order valence-corrected chi connectivity index (χ2v) is 10.5. The van der Waals surface area contributed by atoms with Crippen LogP contribution in [-0.2, 0) is 0 Å². The Kier molecular flexibility index (Phi) is 4.89. The number of para-hydroxylation sites is 1. The summed E-state index contributed by atoms with van der Waals surface area (Å²) in [6.07, 6.45) is 3.81. The van der Waals surface area contributed by atoms with E-state index in [0.717, 1.165) is 31.4 Å². The fraction of sp³-hybridized carbons (Fsp3) is 0.286. The van der Waals surface area contributed by atoms with Gasteiger partial charge in [-0.1, -0.05) is 29.8 Å². The lowest BCUT2D eigenvalue weighted by atomic mass is 9.89. The van der Waals surface area contributed by atoms with Crippen LogP contribution >= 0.6 is 22.1 Å². The minimum absolute atomic E-state index is 0.0811. The Hall–Kier alpha value is -2.66. The molecule has 31 heavy (non-hydrogen) atoms. The van der Waals surface area contributed by atoms with E-state index in [1.54, 1.807) is 35.7 Å². The number of benzene rings is 1. The molecule has 1 aliphatic heterocycles. The summed E-state index contributed by atoms with van der Waals surface area (Å²) in [5, 5.41) is 20.4. The summed E-state index contributed by atoms with van der Waals surface area (Å²) < 4.78 is 27.0. The van der Waals surface area contributed by atoms with E-state index in [2.05, 4.69) is 21.7 Å². The fourth-order valence-electron chi connectivity index (χ4n) is 4.13. The molecule has 1 aromatic carbocycles. The lowest BCUT2D eigenvalue weighted by molar-refractivity contribution is 0.478. The molecule has 4 N–H and O–H groups in total. The Morgan fingerprint density at radius 3 is 2.90 bits per heavy atom. The van der Waals surface area contributed by atoms with Crippen molar-refractivity contribution in [1.29, 1.82) is 0 Å². The molecule has 0 saturated heterocycles. The number of thiophene rings is 1. The highest BCUT2D eigenvalue weighted by Crippen LogP contribution is 2.55. The molecule has 2 aliphatic rings. The molecule has 1 aliphatic carbocycles. The Morgan fingerprint density at radius 1 is 1.29 bits per heavy atom. The fourth-order valence-corrected chi connectivity index (χ4v) is 6.11. The molecule has 0 amide bonds. The summed E-state index contributed by atoms with van der Waals surface area (Å²) in [6, 6.07) is 8.40. The average molecular weight is 459 g/mol. The van der Waals surface area contributed by atoms with Gasteiger partial charge in [0.1, 0.15) is 10.5 Å². The van der Waals surface area contributed by atoms with Gasteiger partial charge in [0, 0.05) is 5.71 Å². The van der Waals surface area contributed by atoms with Gasteiger partial charge in [-0.05, 0) is 55.2 Å². The normalized spacial score (nSPS) is 22.6. The number of aromatic hydroxyl groups is 1. The van der Waals surface area contributed by atoms with Crippen LogP contribution in [-0.4, -0.2) is 30.4 Å². The molecule has 5 rings (SSSR count). The van der Waals surface area contributed by atoms with Crippen molar-refractivity contribution in [2.75, 3.05) is 5.32 Å². The molecule has 1 fully saturated rings. The van der Waals surface area contributed by atoms with Crippen molar-refractivity contribution in [2.24, 2.45) is 15.4 Å². The number of nitrogens with one attached hydrogen (secondary N) is 1. The monoisotopic (exact) mass is 458 g/mol. The third-order valence-corrected chi connectivity index (χ3v) is 7.90. The number of aromatic nitrogens is 1. The SMILES string of the molecule is C[C@@H]1CCCC(=Nn2c(=O)c(C3=NS(O)(O)c4ccccc4N3)c(O)c3sccc32)C1. The first-order chi connectivity index (χ1) is 14.8. The largest absolute Gasteiger partial charge is 0.505 e. The number of pyridine rings is 1. The van der Waals surface area contributed by atoms with Gasteiger partial charge in [-0.15, -0.1) is 15.7 Å². The number of fused-ring (bicyclic) bond motifs is 2. The van der Waals surface area contributed by atoms with Gasteiger partial charge in [-0.2, -0.15) is 9.78 Å². The molecule has 10 heteroatoms. The maximum absolute atomic E-state index is 13.5. The Morgan fingerprint density at radius 2 is 2.10 bits per heavy atom. The van der Waals surface area contributed by atoms with E-state index in [1.165, 1.54) is 16.0 Å². The van der Waals surface area contributed by atoms with E-state index in [1.807, 2.05) is 0 Å². The third kappa shape index (κ3) is 3.45. The average Bonchev–Trinajstić information content (AvgIpc) is 3.21. The first-order valence-corrected chi connectivity index (χ1v) is 12.4. The highest BCUT2D eigenvalue weighted by molar-refractivity contribution is 8.23. The van der Waals surface area contributed by atoms with Crippen LogP contribution in [0, 0.1) is 5.92 Å². The van der Waals surface area contributed by atoms with E-state index in [4.69, 9.17) is 0 Å². The summed E-state index contributed by atoms with van der Waals surface area (Å²) in [6.45, 7) is 2.17. The van der Waals surface area contributed by atoms with Gasteiger partial charge < -0.3 is 10.4 Å². The standard InChI is InChI=1S/C21H22N4O4S2/c1-12-5-4-6-13(11-12)23-25-15-9-10-30-19(15)18(26)17(21(25)27)20-22-14-7-2-3-8-16(14)31(28,29)24-20/h2-3,7-10,12,26,28-29H,4-6,11H2,1H3,(H,22,24)/t12-/m1/s1. The van der Waals surface area contributed by atoms with Crippen molar-refractivity contribution < 1.29 is 14.2 Å². The smallest absolute Gasteiger partial charge is 0.286 e. The number of hydrogen-bond donors (Lipinski definition) is 4. The molecule has 3 aromatic rings. The molecule has 0 bridgehead atoms. The summed E-state index contributed by atoms with van der Waals surface area (Å²) in [5.74, 6) is 0.179. The molecule has 8 nitrogen and oxygen atoms in total. The zero-order valence-corrected chi connectivity index (χ0v) is 18.4. The van der Waals surface area contributed by atoms with Crippen molar-refractivity contribution in [3.05, 3.63) is 51.6 Å². The highest BCUT2D eigenvalue weighted by atomic mass is 32.3. The maximum Gasteiger partial charge on any atom is 0.286 e. The molecule has 1 atom stereocenters. The van der Waals surface area contributed by atoms with Gasteiger partial charge in [0.25, 0.3) is 5.56 Å². The molecule has 0 radical (unpaired) electrons. The molecule has 0 spiro atoms. The Labute approximate surface area is 184 Å². The zero-order valence-electron chi connectivity index (χ0n) is 16.8. The minimum atomic E-state index is -3.53. The van der Waals surface area contributed by atoms with Crippen molar-refractivity contribution in [3.8, 4) is 5.75 Å². The number of anilines is 1. The highest BCUT2D eigenvalue weighted by Gasteiger charge is 2.30. The minimum Gasteiger partial charge on any atom is -0.505 e. The van der Waals surface area contributed by atoms with E-state index >= 15 is 0 Å². The molecule has 2 aromatic heterocycles. The van der Waals surface area contributed by atoms with Crippen LogP contribution in [0.1, 0.15) is 38.2 Å². The predicted molar refractivity (Wildman–Crippen MR) is 126 cm³/mol. The first kappa shape index (κ1) is 20.3. The van der Waals surface area contributed by atoms with Crippen LogP contribution in [0.15, 0.2) is 54.9 Å². The number of hydrogen-bond acceptors (Lipinski definition) is 8. The summed E-state index contributed by atoms with van der Waals surface area (Å²) in [5.41, 5.74) is 1.20. The van der Waals surface area contributed by atoms with E-state index in [9.17, 15) is 19.0 Å². The lowest BCUT2D eigenvalue weighted by Crippen LogP contribution is -2.31. The van der Waals surface area contributed by atoms with Crippen LogP contribution in [0.4, 0.5) is 5.69 Å². The second kappa shape index (κ2) is 7.49. The Balaban J connectivity index is 1.72. The van der Waals surface area contributed by atoms with Crippen molar-refractivity contribution >= 4 is 49.6 Å². The topological polar surface area (TPSA) is 119 Å². The first-order valence-electron chi connectivity index (χ1n) is 10.0. The van der Waals surface area contributed by atoms with Crippen LogP contribution in [0.5, 0.6) is 5.75 Å². The number of rotatable bonds is 2. The van der Waals surface area contributed by atoms with Crippen molar-refractivity contribution in [1.82, 2.24) is 4.68 Å². The summed E-state index contributed by atoms with van der Waals surface area (Å²) in [7, 11) is -3.53. The van der Waals surface area contributed by atoms with Gasteiger partial charge in [0.2, 0.25) is 0 Å². The van der Waals surface area contributed by atoms with E-state index < -0.39 is 16.3 Å². The molecule has 1 saturated carbocycles. The quantitative estimate of drug-likeness (QED) is 0.427. The summed E-state index contributed by atoms with van der Waals surface area (Å²) >= 11 is 1.28. The maximum atomic E-state index is 13.5. The molecule has 162 valence electrons. The number of nitrogens with zero attached hydrogens (tertiary/aromatic N) is 3. The number of amidine groups is 1. The third-order valence-electron chi connectivity index (χ3n) is 5.61. The molecule has 3 heterocycles. The molecular formula is C21H22N4O4S2. The van der Waals surface area contributed by atoms with Gasteiger partial charge in [0.15, 0.2) is 11.6 Å². The van der Waals surface area contributed by atoms with E-state index in [0.29, 0.717) is 21.8 Å². The van der Waals surface area contributed by atoms with Crippen molar-refractivity contribution in [2.45, 2.75) is 37.5 Å². The molecule has 0 unspecified atom stereocenters. The van der Waals surface area contributed by atoms with Gasteiger partial charge in [-0.25, -0.2) is 0 Å². The second-order valence-electron chi connectivity index (χ2n) is 7.92. The summed E-state index contributed by atoms with van der Waals surface area (Å²) in [4.78, 5) is 13.7. The van der Waals surface area contributed by atoms with Crippen LogP contribution in [0.2, 0.25) is 0 Å². The predicted octanol–water partition coefficient (Wildman–Crippen LogP) is 5.08.